The molecule has 0 aliphatic rings. The minimum Gasteiger partial charge on any atom is -0.469 e. The monoisotopic (exact) mass is 407 g/mol. The summed E-state index contributed by atoms with van der Waals surface area (Å²) in [6, 6.07) is 18.7. The Morgan fingerprint density at radius 2 is 1.47 bits per heavy atom. The number of benzene rings is 2. The molecule has 0 heterocycles. The lowest BCUT2D eigenvalue weighted by molar-refractivity contribution is -0.156. The highest BCUT2D eigenvalue weighted by molar-refractivity contribution is 6.13. The maximum Gasteiger partial charge on any atom is 0.331 e. The lowest BCUT2D eigenvalue weighted by Crippen LogP contribution is -2.31. The maximum absolute atomic E-state index is 12.9. The molecule has 2 aromatic rings. The number of rotatable bonds is 8. The summed E-state index contributed by atoms with van der Waals surface area (Å²) in [5.74, 6) is -0.743. The Morgan fingerprint density at radius 1 is 0.933 bits per heavy atom. The molecule has 158 valence electrons. The molecule has 0 amide bonds. The van der Waals surface area contributed by atoms with Gasteiger partial charge in [-0.3, -0.25) is 9.79 Å². The zero-order chi connectivity index (χ0) is 22.0. The van der Waals surface area contributed by atoms with Crippen LogP contribution in [-0.2, 0) is 19.1 Å². The highest BCUT2D eigenvalue weighted by Crippen LogP contribution is 2.17. The number of carbonyl (C=O) groups excluding carboxylic acids is 2. The van der Waals surface area contributed by atoms with Crippen LogP contribution in [0.25, 0.3) is 0 Å². The van der Waals surface area contributed by atoms with E-state index in [9.17, 15) is 9.59 Å². The van der Waals surface area contributed by atoms with Gasteiger partial charge in [0, 0.05) is 11.1 Å². The van der Waals surface area contributed by atoms with Gasteiger partial charge in [-0.25, -0.2) is 4.79 Å². The summed E-state index contributed by atoms with van der Waals surface area (Å²) in [5, 5.41) is 0. The van der Waals surface area contributed by atoms with E-state index in [1.165, 1.54) is 7.11 Å². The van der Waals surface area contributed by atoms with Crippen molar-refractivity contribution in [2.45, 2.75) is 45.3 Å². The van der Waals surface area contributed by atoms with Crippen molar-refractivity contribution in [1.29, 1.82) is 0 Å². The second-order valence-corrected chi connectivity index (χ2v) is 7.75. The molecule has 1 unspecified atom stereocenters. The van der Waals surface area contributed by atoms with E-state index < -0.39 is 17.6 Å². The molecule has 5 nitrogen and oxygen atoms in total. The van der Waals surface area contributed by atoms with Crippen LogP contribution in [0.1, 0.15) is 44.7 Å². The normalized spacial score (nSPS) is 12.3. The summed E-state index contributed by atoms with van der Waals surface area (Å²) < 4.78 is 10.2. The number of nitrogens with zero attached hydrogens (tertiary/aromatic N) is 1. The molecular formula is C25H29NO4. The lowest BCUT2D eigenvalue weighted by Gasteiger charge is -2.22. The summed E-state index contributed by atoms with van der Waals surface area (Å²) in [5.41, 5.74) is 1.92. The molecule has 2 aromatic carbocycles. The zero-order valence-corrected chi connectivity index (χ0v) is 18.0. The number of ether oxygens (including phenoxy) is 2. The Hall–Kier alpha value is -3.21. The van der Waals surface area contributed by atoms with Gasteiger partial charge in [0.1, 0.15) is 5.60 Å². The van der Waals surface area contributed by atoms with Crippen LogP contribution in [0.2, 0.25) is 0 Å². The second kappa shape index (κ2) is 11.1. The van der Waals surface area contributed by atoms with Crippen LogP contribution < -0.4 is 0 Å². The van der Waals surface area contributed by atoms with Gasteiger partial charge in [0.15, 0.2) is 6.04 Å². The van der Waals surface area contributed by atoms with Crippen molar-refractivity contribution in [3.63, 3.8) is 0 Å². The Bertz CT molecular complexity index is 839. The molecule has 0 aliphatic heterocycles. The third-order valence-electron chi connectivity index (χ3n) is 4.10. The van der Waals surface area contributed by atoms with Gasteiger partial charge in [-0.05, 0) is 27.2 Å². The van der Waals surface area contributed by atoms with E-state index in [2.05, 4.69) is 4.74 Å². The van der Waals surface area contributed by atoms with Gasteiger partial charge in [-0.2, -0.15) is 0 Å². The summed E-state index contributed by atoms with van der Waals surface area (Å²) in [7, 11) is 1.34. The standard InChI is InChI=1S/C25H29NO4/c1-25(2,3)30-24(28)21(17-11-12-18-22(27)29-4)26-23(19-13-7-5-8-14-19)20-15-9-6-10-16-20/h5-16,21H,17-18H2,1-4H3/b12-11+. The first-order chi connectivity index (χ1) is 14.3. The SMILES string of the molecule is COC(=O)C/C=C/CC(N=C(c1ccccc1)c1ccccc1)C(=O)OC(C)(C)C. The summed E-state index contributed by atoms with van der Waals surface area (Å²) in [4.78, 5) is 29.0. The van der Waals surface area contributed by atoms with E-state index in [4.69, 9.17) is 9.73 Å². The Morgan fingerprint density at radius 3 is 1.93 bits per heavy atom. The highest BCUT2D eigenvalue weighted by Gasteiger charge is 2.25. The van der Waals surface area contributed by atoms with E-state index in [-0.39, 0.29) is 12.4 Å². The van der Waals surface area contributed by atoms with Crippen LogP contribution in [0.4, 0.5) is 0 Å². The minimum atomic E-state index is -0.742. The van der Waals surface area contributed by atoms with Crippen LogP contribution in [-0.4, -0.2) is 36.4 Å². The fraction of sp³-hybridized carbons (Fsp3) is 0.320. The molecule has 1 atom stereocenters. The van der Waals surface area contributed by atoms with Crippen molar-refractivity contribution < 1.29 is 19.1 Å². The largest absolute Gasteiger partial charge is 0.469 e. The Kier molecular flexibility index (Phi) is 8.54. The maximum atomic E-state index is 12.9. The predicted octanol–water partition coefficient (Wildman–Crippen LogP) is 4.74. The van der Waals surface area contributed by atoms with Crippen molar-refractivity contribution in [2.24, 2.45) is 4.99 Å². The van der Waals surface area contributed by atoms with Gasteiger partial charge < -0.3 is 9.47 Å². The topological polar surface area (TPSA) is 65.0 Å². The number of esters is 2. The number of aliphatic imine (C=N–C) groups is 1. The molecule has 2 rings (SSSR count). The van der Waals surface area contributed by atoms with Crippen LogP contribution in [0.15, 0.2) is 77.8 Å². The first-order valence-corrected chi connectivity index (χ1v) is 9.93. The number of carbonyl (C=O) groups is 2. The molecular weight excluding hydrogens is 378 g/mol. The molecule has 0 saturated carbocycles. The van der Waals surface area contributed by atoms with Gasteiger partial charge in [0.2, 0.25) is 0 Å². The fourth-order valence-electron chi connectivity index (χ4n) is 2.72. The minimum absolute atomic E-state index is 0.144. The molecule has 0 saturated heterocycles. The summed E-state index contributed by atoms with van der Waals surface area (Å²) >= 11 is 0. The average molecular weight is 408 g/mol. The van der Waals surface area contributed by atoms with Crippen LogP contribution in [0.3, 0.4) is 0 Å². The highest BCUT2D eigenvalue weighted by atomic mass is 16.6. The third-order valence-corrected chi connectivity index (χ3v) is 4.10. The molecule has 5 heteroatoms. The molecule has 30 heavy (non-hydrogen) atoms. The second-order valence-electron chi connectivity index (χ2n) is 7.75. The Labute approximate surface area is 178 Å². The molecule has 0 bridgehead atoms. The summed E-state index contributed by atoms with van der Waals surface area (Å²) in [6.45, 7) is 5.48. The van der Waals surface area contributed by atoms with Crippen molar-refractivity contribution >= 4 is 17.7 Å². The van der Waals surface area contributed by atoms with E-state index in [0.29, 0.717) is 12.1 Å². The summed E-state index contributed by atoms with van der Waals surface area (Å²) in [6.07, 6.45) is 3.91. The van der Waals surface area contributed by atoms with Crippen LogP contribution in [0, 0.1) is 0 Å². The molecule has 0 aromatic heterocycles. The molecule has 0 aliphatic carbocycles. The van der Waals surface area contributed by atoms with E-state index >= 15 is 0 Å². The number of methoxy groups -OCH3 is 1. The number of hydrogen-bond acceptors (Lipinski definition) is 5. The third kappa shape index (κ3) is 7.66. The van der Waals surface area contributed by atoms with Gasteiger partial charge in [-0.15, -0.1) is 0 Å². The van der Waals surface area contributed by atoms with Gasteiger partial charge >= 0.3 is 11.9 Å². The van der Waals surface area contributed by atoms with E-state index in [1.54, 1.807) is 12.2 Å². The molecule has 0 radical (unpaired) electrons. The van der Waals surface area contributed by atoms with Crippen LogP contribution in [0.5, 0.6) is 0 Å². The fourth-order valence-corrected chi connectivity index (χ4v) is 2.72. The Balaban J connectivity index is 2.40. The van der Waals surface area contributed by atoms with Crippen molar-refractivity contribution in [3.05, 3.63) is 83.9 Å². The first kappa shape index (κ1) is 23.1. The predicted molar refractivity (Wildman–Crippen MR) is 119 cm³/mol. The van der Waals surface area contributed by atoms with Crippen LogP contribution >= 0.6 is 0 Å². The van der Waals surface area contributed by atoms with E-state index in [1.807, 2.05) is 81.4 Å². The van der Waals surface area contributed by atoms with Gasteiger partial charge in [-0.1, -0.05) is 72.8 Å². The van der Waals surface area contributed by atoms with Crippen molar-refractivity contribution in [1.82, 2.24) is 0 Å². The smallest absolute Gasteiger partial charge is 0.331 e. The van der Waals surface area contributed by atoms with Gasteiger partial charge in [0.25, 0.3) is 0 Å². The molecule has 0 spiro atoms. The molecule has 0 fully saturated rings. The molecule has 0 N–H and O–H groups in total. The lowest BCUT2D eigenvalue weighted by atomic mass is 10.0. The van der Waals surface area contributed by atoms with Crippen molar-refractivity contribution in [3.8, 4) is 0 Å². The first-order valence-electron chi connectivity index (χ1n) is 9.93. The quantitative estimate of drug-likeness (QED) is 0.360. The van der Waals surface area contributed by atoms with Gasteiger partial charge in [0.05, 0.1) is 19.2 Å². The van der Waals surface area contributed by atoms with E-state index in [0.717, 1.165) is 11.1 Å². The van der Waals surface area contributed by atoms with Crippen molar-refractivity contribution in [2.75, 3.05) is 7.11 Å². The zero-order valence-electron chi connectivity index (χ0n) is 18.0. The number of hydrogen-bond donors (Lipinski definition) is 0. The average Bonchev–Trinajstić information content (AvgIpc) is 2.73.